The molecule has 1 amide bonds. The number of anilines is 1. The van der Waals surface area contributed by atoms with Crippen LogP contribution in [0.4, 0.5) is 10.1 Å². The number of halogens is 1. The van der Waals surface area contributed by atoms with Crippen LogP contribution in [0.3, 0.4) is 0 Å². The highest BCUT2D eigenvalue weighted by molar-refractivity contribution is 5.93. The van der Waals surface area contributed by atoms with Gasteiger partial charge in [0.05, 0.1) is 19.9 Å². The van der Waals surface area contributed by atoms with E-state index in [2.05, 4.69) is 5.32 Å². The van der Waals surface area contributed by atoms with E-state index in [-0.39, 0.29) is 18.3 Å². The van der Waals surface area contributed by atoms with Crippen molar-refractivity contribution in [2.24, 2.45) is 0 Å². The molecule has 0 saturated carbocycles. The zero-order chi connectivity index (χ0) is 17.1. The molecule has 24 heavy (non-hydrogen) atoms. The summed E-state index contributed by atoms with van der Waals surface area (Å²) >= 11 is 0. The minimum absolute atomic E-state index is 0.115. The van der Waals surface area contributed by atoms with Crippen molar-refractivity contribution in [3.8, 4) is 11.5 Å². The van der Waals surface area contributed by atoms with Crippen molar-refractivity contribution in [2.75, 3.05) is 19.5 Å². The first-order valence-corrected chi connectivity index (χ1v) is 7.37. The maximum Gasteiger partial charge on any atom is 0.244 e. The first kappa shape index (κ1) is 15.9. The Kier molecular flexibility index (Phi) is 4.37. The van der Waals surface area contributed by atoms with E-state index in [0.717, 1.165) is 10.9 Å². The molecule has 3 rings (SSSR count). The van der Waals surface area contributed by atoms with E-state index in [0.29, 0.717) is 17.2 Å². The van der Waals surface area contributed by atoms with Crippen LogP contribution in [0.1, 0.15) is 0 Å². The van der Waals surface area contributed by atoms with Gasteiger partial charge < -0.3 is 19.4 Å². The van der Waals surface area contributed by atoms with Crippen molar-refractivity contribution >= 4 is 22.5 Å². The predicted molar refractivity (Wildman–Crippen MR) is 90.1 cm³/mol. The fraction of sp³-hybridized carbons (Fsp3) is 0.167. The third kappa shape index (κ3) is 3.17. The highest BCUT2D eigenvalue weighted by atomic mass is 19.1. The van der Waals surface area contributed by atoms with Gasteiger partial charge in [0.15, 0.2) is 0 Å². The number of carbonyl (C=O) groups is 1. The second-order valence-electron chi connectivity index (χ2n) is 5.26. The molecule has 5 nitrogen and oxygen atoms in total. The summed E-state index contributed by atoms with van der Waals surface area (Å²) in [4.78, 5) is 12.3. The number of ether oxygens (including phenoxy) is 2. The molecule has 6 heteroatoms. The monoisotopic (exact) mass is 328 g/mol. The molecule has 1 aromatic heterocycles. The molecule has 1 heterocycles. The number of methoxy groups -OCH3 is 2. The van der Waals surface area contributed by atoms with Crippen LogP contribution in [-0.2, 0) is 11.3 Å². The third-order valence-corrected chi connectivity index (χ3v) is 3.73. The average Bonchev–Trinajstić information content (AvgIpc) is 2.97. The van der Waals surface area contributed by atoms with Gasteiger partial charge in [-0.2, -0.15) is 0 Å². The summed E-state index contributed by atoms with van der Waals surface area (Å²) in [7, 11) is 3.09. The molecular weight excluding hydrogens is 311 g/mol. The van der Waals surface area contributed by atoms with Gasteiger partial charge in [-0.05, 0) is 36.4 Å². The molecule has 0 spiro atoms. The standard InChI is InChI=1S/C18H17FN2O3/c1-23-14-4-5-15(17(10-14)24-2)20-18(22)11-21-8-7-12-9-13(19)3-6-16(12)21/h3-10H,11H2,1-2H3,(H,20,22). The Morgan fingerprint density at radius 1 is 1.12 bits per heavy atom. The Labute approximate surface area is 138 Å². The maximum atomic E-state index is 13.2. The number of amides is 1. The molecule has 2 aromatic carbocycles. The number of rotatable bonds is 5. The molecule has 0 unspecified atom stereocenters. The van der Waals surface area contributed by atoms with E-state index in [4.69, 9.17) is 9.47 Å². The smallest absolute Gasteiger partial charge is 0.244 e. The number of nitrogens with one attached hydrogen (secondary N) is 1. The second kappa shape index (κ2) is 6.62. The molecule has 0 saturated heterocycles. The van der Waals surface area contributed by atoms with Crippen LogP contribution in [0.15, 0.2) is 48.7 Å². The largest absolute Gasteiger partial charge is 0.497 e. The average molecular weight is 328 g/mol. The van der Waals surface area contributed by atoms with E-state index in [1.165, 1.54) is 19.2 Å². The molecule has 3 aromatic rings. The first-order chi connectivity index (χ1) is 11.6. The van der Waals surface area contributed by atoms with Crippen molar-refractivity contribution in [3.63, 3.8) is 0 Å². The summed E-state index contributed by atoms with van der Waals surface area (Å²) < 4.78 is 25.4. The number of nitrogens with zero attached hydrogens (tertiary/aromatic N) is 1. The lowest BCUT2D eigenvalue weighted by atomic mass is 10.2. The van der Waals surface area contributed by atoms with E-state index in [1.54, 1.807) is 48.2 Å². The van der Waals surface area contributed by atoms with Gasteiger partial charge in [0, 0.05) is 23.2 Å². The fourth-order valence-electron chi connectivity index (χ4n) is 2.56. The highest BCUT2D eigenvalue weighted by Gasteiger charge is 2.11. The van der Waals surface area contributed by atoms with Gasteiger partial charge >= 0.3 is 0 Å². The number of fused-ring (bicyclic) bond motifs is 1. The number of hydrogen-bond donors (Lipinski definition) is 1. The first-order valence-electron chi connectivity index (χ1n) is 7.37. The molecular formula is C18H17FN2O3. The molecule has 0 aliphatic heterocycles. The molecule has 0 aliphatic carbocycles. The van der Waals surface area contributed by atoms with Gasteiger partial charge in [0.1, 0.15) is 23.9 Å². The zero-order valence-corrected chi connectivity index (χ0v) is 13.4. The van der Waals surface area contributed by atoms with Crippen LogP contribution in [0.2, 0.25) is 0 Å². The number of carbonyl (C=O) groups excluding carboxylic acids is 1. The van der Waals surface area contributed by atoms with Crippen molar-refractivity contribution in [1.82, 2.24) is 4.57 Å². The third-order valence-electron chi connectivity index (χ3n) is 3.73. The highest BCUT2D eigenvalue weighted by Crippen LogP contribution is 2.29. The maximum absolute atomic E-state index is 13.2. The van der Waals surface area contributed by atoms with E-state index in [1.807, 2.05) is 0 Å². The lowest BCUT2D eigenvalue weighted by molar-refractivity contribution is -0.116. The van der Waals surface area contributed by atoms with Crippen LogP contribution in [0.25, 0.3) is 10.9 Å². The van der Waals surface area contributed by atoms with Crippen LogP contribution in [-0.4, -0.2) is 24.7 Å². The Bertz CT molecular complexity index is 889. The lowest BCUT2D eigenvalue weighted by Gasteiger charge is -2.12. The normalized spacial score (nSPS) is 10.6. The molecule has 1 N–H and O–H groups in total. The van der Waals surface area contributed by atoms with Gasteiger partial charge in [-0.1, -0.05) is 0 Å². The SMILES string of the molecule is COc1ccc(NC(=O)Cn2ccc3cc(F)ccc32)c(OC)c1. The number of hydrogen-bond acceptors (Lipinski definition) is 3. The van der Waals surface area contributed by atoms with Crippen molar-refractivity contribution < 1.29 is 18.7 Å². The van der Waals surface area contributed by atoms with Crippen LogP contribution in [0, 0.1) is 5.82 Å². The van der Waals surface area contributed by atoms with Crippen molar-refractivity contribution in [3.05, 3.63) is 54.5 Å². The molecule has 0 radical (unpaired) electrons. The molecule has 0 fully saturated rings. The van der Waals surface area contributed by atoms with E-state index < -0.39 is 0 Å². The minimum Gasteiger partial charge on any atom is -0.497 e. The predicted octanol–water partition coefficient (Wildman–Crippen LogP) is 3.44. The summed E-state index contributed by atoms with van der Waals surface area (Å²) in [5.74, 6) is 0.651. The summed E-state index contributed by atoms with van der Waals surface area (Å²) in [5.41, 5.74) is 1.36. The molecule has 0 bridgehead atoms. The quantitative estimate of drug-likeness (QED) is 0.780. The number of benzene rings is 2. The van der Waals surface area contributed by atoms with Gasteiger partial charge in [-0.3, -0.25) is 4.79 Å². The van der Waals surface area contributed by atoms with Crippen LogP contribution < -0.4 is 14.8 Å². The van der Waals surface area contributed by atoms with Crippen molar-refractivity contribution in [1.29, 1.82) is 0 Å². The van der Waals surface area contributed by atoms with Gasteiger partial charge in [-0.15, -0.1) is 0 Å². The summed E-state index contributed by atoms with van der Waals surface area (Å²) in [6.45, 7) is 0.115. The Hall–Kier alpha value is -3.02. The number of aromatic nitrogens is 1. The molecule has 124 valence electrons. The van der Waals surface area contributed by atoms with Gasteiger partial charge in [0.2, 0.25) is 5.91 Å². The zero-order valence-electron chi connectivity index (χ0n) is 13.4. The van der Waals surface area contributed by atoms with Gasteiger partial charge in [-0.25, -0.2) is 4.39 Å². The van der Waals surface area contributed by atoms with Crippen LogP contribution in [0.5, 0.6) is 11.5 Å². The topological polar surface area (TPSA) is 52.5 Å². The Balaban J connectivity index is 1.78. The Morgan fingerprint density at radius 2 is 1.96 bits per heavy atom. The lowest BCUT2D eigenvalue weighted by Crippen LogP contribution is -2.18. The summed E-state index contributed by atoms with van der Waals surface area (Å²) in [6, 6.07) is 11.4. The summed E-state index contributed by atoms with van der Waals surface area (Å²) in [5, 5.41) is 3.57. The minimum atomic E-state index is -0.298. The van der Waals surface area contributed by atoms with E-state index in [9.17, 15) is 9.18 Å². The molecule has 0 atom stereocenters. The van der Waals surface area contributed by atoms with E-state index >= 15 is 0 Å². The van der Waals surface area contributed by atoms with Gasteiger partial charge in [0.25, 0.3) is 0 Å². The Morgan fingerprint density at radius 3 is 2.71 bits per heavy atom. The second-order valence-corrected chi connectivity index (χ2v) is 5.26. The molecule has 0 aliphatic rings. The summed E-state index contributed by atoms with van der Waals surface area (Å²) in [6.07, 6.45) is 1.76. The van der Waals surface area contributed by atoms with Crippen LogP contribution >= 0.6 is 0 Å². The van der Waals surface area contributed by atoms with Crippen molar-refractivity contribution in [2.45, 2.75) is 6.54 Å². The fourth-order valence-corrected chi connectivity index (χ4v) is 2.56.